The van der Waals surface area contributed by atoms with Crippen LogP contribution in [0.2, 0.25) is 15.1 Å². The molecule has 0 amide bonds. The van der Waals surface area contributed by atoms with Crippen molar-refractivity contribution in [3.63, 3.8) is 0 Å². The van der Waals surface area contributed by atoms with Crippen molar-refractivity contribution in [2.24, 2.45) is 0 Å². The molecule has 0 saturated carbocycles. The molecular formula is C25H17Cl3N4O2. The number of fused-ring (bicyclic) bond motifs is 1. The second-order valence-corrected chi connectivity index (χ2v) is 9.01. The standard InChI is InChI=1S/C25H17Cl3N4O2/c26-16-7-5-15(6-8-16)13-31-21-3-1-2-4-22(21)32(25(31)29)14-23(33)24-12-20(30-34-24)18-10-9-17(27)11-19(18)28/h1-12,29H,13-14H2. The summed E-state index contributed by atoms with van der Waals surface area (Å²) in [5.41, 5.74) is 3.87. The summed E-state index contributed by atoms with van der Waals surface area (Å²) in [5.74, 6) is -0.223. The van der Waals surface area contributed by atoms with Gasteiger partial charge in [0.15, 0.2) is 0 Å². The summed E-state index contributed by atoms with van der Waals surface area (Å²) in [7, 11) is 0. The van der Waals surface area contributed by atoms with Gasteiger partial charge >= 0.3 is 0 Å². The van der Waals surface area contributed by atoms with E-state index in [4.69, 9.17) is 44.7 Å². The van der Waals surface area contributed by atoms with Crippen molar-refractivity contribution in [2.45, 2.75) is 13.1 Å². The van der Waals surface area contributed by atoms with Crippen molar-refractivity contribution in [3.05, 3.63) is 105 Å². The lowest BCUT2D eigenvalue weighted by molar-refractivity contribution is 0.0935. The number of rotatable bonds is 6. The van der Waals surface area contributed by atoms with Crippen LogP contribution in [0.5, 0.6) is 0 Å². The van der Waals surface area contributed by atoms with Crippen molar-refractivity contribution in [3.8, 4) is 11.3 Å². The number of ketones is 1. The number of Topliss-reactive ketones (excluding diaryl/α,β-unsaturated/α-hetero) is 1. The van der Waals surface area contributed by atoms with Crippen LogP contribution in [-0.4, -0.2) is 20.1 Å². The van der Waals surface area contributed by atoms with Crippen LogP contribution >= 0.6 is 34.8 Å². The average Bonchev–Trinajstić information content (AvgIpc) is 3.40. The summed E-state index contributed by atoms with van der Waals surface area (Å²) < 4.78 is 8.83. The highest BCUT2D eigenvalue weighted by molar-refractivity contribution is 6.36. The Morgan fingerprint density at radius 2 is 1.56 bits per heavy atom. The van der Waals surface area contributed by atoms with Crippen LogP contribution in [0.1, 0.15) is 16.1 Å². The number of nitrogens with one attached hydrogen (secondary N) is 1. The number of aromatic nitrogens is 3. The van der Waals surface area contributed by atoms with Crippen molar-refractivity contribution >= 4 is 51.6 Å². The monoisotopic (exact) mass is 510 g/mol. The molecule has 5 aromatic rings. The van der Waals surface area contributed by atoms with Gasteiger partial charge in [-0.25, -0.2) is 0 Å². The fourth-order valence-corrected chi connectivity index (χ4v) is 4.47. The van der Waals surface area contributed by atoms with Crippen LogP contribution in [0.25, 0.3) is 22.3 Å². The molecule has 0 aliphatic rings. The highest BCUT2D eigenvalue weighted by Crippen LogP contribution is 2.30. The third-order valence-electron chi connectivity index (χ3n) is 5.52. The van der Waals surface area contributed by atoms with Crippen molar-refractivity contribution < 1.29 is 9.32 Å². The molecule has 5 rings (SSSR count). The number of nitrogens with zero attached hydrogens (tertiary/aromatic N) is 3. The Labute approximate surface area is 209 Å². The Morgan fingerprint density at radius 3 is 2.26 bits per heavy atom. The SMILES string of the molecule is N=c1n(CC(=O)c2cc(-c3ccc(Cl)cc3Cl)no2)c2ccccc2n1Cc1ccc(Cl)cc1. The predicted octanol–water partition coefficient (Wildman–Crippen LogP) is 6.47. The van der Waals surface area contributed by atoms with Gasteiger partial charge in [0.25, 0.3) is 0 Å². The van der Waals surface area contributed by atoms with E-state index in [0.29, 0.717) is 32.9 Å². The number of carbonyl (C=O) groups is 1. The van der Waals surface area contributed by atoms with Gasteiger partial charge in [-0.05, 0) is 48.0 Å². The molecule has 0 fully saturated rings. The summed E-state index contributed by atoms with van der Waals surface area (Å²) >= 11 is 18.2. The number of carbonyl (C=O) groups excluding carboxylic acids is 1. The molecule has 0 spiro atoms. The normalized spacial score (nSPS) is 11.3. The Balaban J connectivity index is 1.47. The molecule has 0 aliphatic heterocycles. The van der Waals surface area contributed by atoms with Gasteiger partial charge in [0.1, 0.15) is 5.69 Å². The number of benzene rings is 3. The number of hydrogen-bond acceptors (Lipinski definition) is 4. The van der Waals surface area contributed by atoms with Gasteiger partial charge < -0.3 is 13.7 Å². The average molecular weight is 512 g/mol. The zero-order valence-corrected chi connectivity index (χ0v) is 19.9. The van der Waals surface area contributed by atoms with Crippen LogP contribution in [0, 0.1) is 5.41 Å². The second-order valence-electron chi connectivity index (χ2n) is 7.73. The Kier molecular flexibility index (Phi) is 6.04. The van der Waals surface area contributed by atoms with Gasteiger partial charge in [-0.3, -0.25) is 10.2 Å². The Bertz CT molecular complexity index is 1580. The number of halogens is 3. The molecule has 34 heavy (non-hydrogen) atoms. The first-order valence-electron chi connectivity index (χ1n) is 10.3. The maximum absolute atomic E-state index is 13.1. The highest BCUT2D eigenvalue weighted by Gasteiger charge is 2.19. The summed E-state index contributed by atoms with van der Waals surface area (Å²) in [6, 6.07) is 21.6. The zero-order chi connectivity index (χ0) is 23.8. The van der Waals surface area contributed by atoms with Crippen LogP contribution in [0.3, 0.4) is 0 Å². The quantitative estimate of drug-likeness (QED) is 0.265. The minimum Gasteiger partial charge on any atom is -0.352 e. The number of para-hydroxylation sites is 2. The van der Waals surface area contributed by atoms with Gasteiger partial charge in [-0.15, -0.1) is 0 Å². The van der Waals surface area contributed by atoms with Gasteiger partial charge in [-0.1, -0.05) is 64.2 Å². The lowest BCUT2D eigenvalue weighted by atomic mass is 10.1. The molecule has 0 aliphatic carbocycles. The lowest BCUT2D eigenvalue weighted by Crippen LogP contribution is -2.27. The van der Waals surface area contributed by atoms with Gasteiger partial charge in [-0.2, -0.15) is 0 Å². The molecule has 0 bridgehead atoms. The fraction of sp³-hybridized carbons (Fsp3) is 0.0800. The summed E-state index contributed by atoms with van der Waals surface area (Å²) in [6.07, 6.45) is 0. The van der Waals surface area contributed by atoms with Crippen molar-refractivity contribution in [2.75, 3.05) is 0 Å². The van der Waals surface area contributed by atoms with E-state index in [9.17, 15) is 4.79 Å². The van der Waals surface area contributed by atoms with E-state index in [-0.39, 0.29) is 23.7 Å². The Hall–Kier alpha value is -3.32. The summed E-state index contributed by atoms with van der Waals surface area (Å²) in [4.78, 5) is 13.1. The molecular weight excluding hydrogens is 495 g/mol. The van der Waals surface area contributed by atoms with Crippen molar-refractivity contribution in [1.29, 1.82) is 5.41 Å². The van der Waals surface area contributed by atoms with Crippen LogP contribution in [-0.2, 0) is 13.1 Å². The molecule has 0 radical (unpaired) electrons. The molecule has 9 heteroatoms. The molecule has 1 N–H and O–H groups in total. The van der Waals surface area contributed by atoms with E-state index in [1.807, 2.05) is 53.1 Å². The van der Waals surface area contributed by atoms with Gasteiger partial charge in [0, 0.05) is 21.7 Å². The molecule has 0 saturated heterocycles. The smallest absolute Gasteiger partial charge is 0.220 e. The summed E-state index contributed by atoms with van der Waals surface area (Å²) in [5, 5.41) is 14.3. The molecule has 3 aromatic carbocycles. The predicted molar refractivity (Wildman–Crippen MR) is 133 cm³/mol. The minimum absolute atomic E-state index is 0.0735. The largest absolute Gasteiger partial charge is 0.352 e. The highest BCUT2D eigenvalue weighted by atomic mass is 35.5. The minimum atomic E-state index is -0.309. The molecule has 2 heterocycles. The second kappa shape index (κ2) is 9.14. The fourth-order valence-electron chi connectivity index (χ4n) is 3.84. The van der Waals surface area contributed by atoms with E-state index in [0.717, 1.165) is 16.6 Å². The first kappa shape index (κ1) is 22.5. The number of imidazole rings is 1. The van der Waals surface area contributed by atoms with Crippen LogP contribution in [0.15, 0.2) is 77.3 Å². The van der Waals surface area contributed by atoms with E-state index < -0.39 is 0 Å². The lowest BCUT2D eigenvalue weighted by Gasteiger charge is -2.05. The van der Waals surface area contributed by atoms with Crippen LogP contribution < -0.4 is 5.62 Å². The first-order chi connectivity index (χ1) is 16.4. The molecule has 170 valence electrons. The first-order valence-corrected chi connectivity index (χ1v) is 11.5. The zero-order valence-electron chi connectivity index (χ0n) is 17.6. The topological polar surface area (TPSA) is 76.8 Å². The molecule has 6 nitrogen and oxygen atoms in total. The maximum atomic E-state index is 13.1. The van der Waals surface area contributed by atoms with Gasteiger partial charge in [0.05, 0.1) is 29.1 Å². The summed E-state index contributed by atoms with van der Waals surface area (Å²) in [6.45, 7) is 0.398. The van der Waals surface area contributed by atoms with E-state index in [1.165, 1.54) is 0 Å². The number of hydrogen-bond donors (Lipinski definition) is 1. The van der Waals surface area contributed by atoms with E-state index >= 15 is 0 Å². The molecule has 0 atom stereocenters. The maximum Gasteiger partial charge on any atom is 0.220 e. The van der Waals surface area contributed by atoms with Gasteiger partial charge in [0.2, 0.25) is 17.2 Å². The van der Waals surface area contributed by atoms with E-state index in [1.54, 1.807) is 28.8 Å². The van der Waals surface area contributed by atoms with E-state index in [2.05, 4.69) is 5.16 Å². The third-order valence-corrected chi connectivity index (χ3v) is 6.32. The third kappa shape index (κ3) is 4.28. The Morgan fingerprint density at radius 1 is 0.882 bits per heavy atom. The molecule has 0 unspecified atom stereocenters. The molecule has 2 aromatic heterocycles. The van der Waals surface area contributed by atoms with Crippen LogP contribution in [0.4, 0.5) is 0 Å². The van der Waals surface area contributed by atoms with Crippen molar-refractivity contribution in [1.82, 2.24) is 14.3 Å².